The highest BCUT2D eigenvalue weighted by atomic mass is 32.2. The van der Waals surface area contributed by atoms with Crippen molar-refractivity contribution in [3.8, 4) is 0 Å². The van der Waals surface area contributed by atoms with Crippen molar-refractivity contribution in [2.24, 2.45) is 0 Å². The van der Waals surface area contributed by atoms with Gasteiger partial charge in [-0.3, -0.25) is 9.59 Å². The molecule has 0 unspecified atom stereocenters. The molecule has 0 saturated carbocycles. The topological polar surface area (TPSA) is 55.4 Å². The standard InChI is InChI=1S/C10H19NO3S/c1-3-5-6-15-8-9(12)11-7-10(13)14-4-2/h3-8H2,1-2H3,(H,11,12). The van der Waals surface area contributed by atoms with Crippen LogP contribution in [0.2, 0.25) is 0 Å². The van der Waals surface area contributed by atoms with E-state index in [0.29, 0.717) is 12.4 Å². The van der Waals surface area contributed by atoms with Gasteiger partial charge in [-0.25, -0.2) is 0 Å². The second-order valence-electron chi connectivity index (χ2n) is 2.99. The van der Waals surface area contributed by atoms with E-state index in [9.17, 15) is 9.59 Å². The van der Waals surface area contributed by atoms with Gasteiger partial charge in [-0.2, -0.15) is 11.8 Å². The third-order valence-electron chi connectivity index (χ3n) is 1.61. The largest absolute Gasteiger partial charge is 0.465 e. The van der Waals surface area contributed by atoms with Crippen molar-refractivity contribution in [3.63, 3.8) is 0 Å². The molecule has 0 aliphatic heterocycles. The summed E-state index contributed by atoms with van der Waals surface area (Å²) in [6.45, 7) is 4.17. The predicted octanol–water partition coefficient (Wildman–Crippen LogP) is 1.20. The van der Waals surface area contributed by atoms with Gasteiger partial charge >= 0.3 is 5.97 Å². The zero-order valence-electron chi connectivity index (χ0n) is 9.38. The third-order valence-corrected chi connectivity index (χ3v) is 2.65. The van der Waals surface area contributed by atoms with E-state index in [1.807, 2.05) is 0 Å². The van der Waals surface area contributed by atoms with Crippen LogP contribution in [0.3, 0.4) is 0 Å². The van der Waals surface area contributed by atoms with Crippen LogP contribution in [0.5, 0.6) is 0 Å². The van der Waals surface area contributed by atoms with Crippen LogP contribution >= 0.6 is 11.8 Å². The summed E-state index contributed by atoms with van der Waals surface area (Å²) in [5.74, 6) is 0.913. The molecule has 0 aromatic carbocycles. The number of hydrogen-bond acceptors (Lipinski definition) is 4. The van der Waals surface area contributed by atoms with Crippen molar-refractivity contribution in [1.82, 2.24) is 5.32 Å². The van der Waals surface area contributed by atoms with Gasteiger partial charge in [-0.1, -0.05) is 13.3 Å². The second kappa shape index (κ2) is 9.83. The first-order valence-corrected chi connectivity index (χ1v) is 6.36. The summed E-state index contributed by atoms with van der Waals surface area (Å²) < 4.78 is 4.67. The summed E-state index contributed by atoms with van der Waals surface area (Å²) in [7, 11) is 0. The van der Waals surface area contributed by atoms with Crippen molar-refractivity contribution >= 4 is 23.6 Å². The quantitative estimate of drug-likeness (QED) is 0.505. The molecule has 4 nitrogen and oxygen atoms in total. The number of rotatable bonds is 8. The lowest BCUT2D eigenvalue weighted by Crippen LogP contribution is -2.31. The fraction of sp³-hybridized carbons (Fsp3) is 0.800. The van der Waals surface area contributed by atoms with Crippen LogP contribution < -0.4 is 5.32 Å². The number of esters is 1. The number of nitrogens with one attached hydrogen (secondary N) is 1. The Balaban J connectivity index is 3.36. The van der Waals surface area contributed by atoms with Gasteiger partial charge in [0.05, 0.1) is 12.4 Å². The molecule has 1 N–H and O–H groups in total. The van der Waals surface area contributed by atoms with E-state index in [0.717, 1.165) is 18.6 Å². The molecular formula is C10H19NO3S. The van der Waals surface area contributed by atoms with E-state index in [1.165, 1.54) is 0 Å². The summed E-state index contributed by atoms with van der Waals surface area (Å²) in [4.78, 5) is 22.1. The van der Waals surface area contributed by atoms with Crippen LogP contribution in [0.25, 0.3) is 0 Å². The SMILES string of the molecule is CCCCSCC(=O)NCC(=O)OCC. The lowest BCUT2D eigenvalue weighted by Gasteiger charge is -2.04. The second-order valence-corrected chi connectivity index (χ2v) is 4.09. The van der Waals surface area contributed by atoms with E-state index >= 15 is 0 Å². The normalized spacial score (nSPS) is 9.73. The summed E-state index contributed by atoms with van der Waals surface area (Å²) in [6.07, 6.45) is 2.26. The molecule has 0 atom stereocenters. The van der Waals surface area contributed by atoms with E-state index in [-0.39, 0.29) is 18.4 Å². The highest BCUT2D eigenvalue weighted by molar-refractivity contribution is 7.99. The zero-order chi connectivity index (χ0) is 11.5. The number of carbonyl (C=O) groups is 2. The lowest BCUT2D eigenvalue weighted by atomic mass is 10.4. The minimum Gasteiger partial charge on any atom is -0.465 e. The number of hydrogen-bond donors (Lipinski definition) is 1. The molecular weight excluding hydrogens is 214 g/mol. The molecule has 0 fully saturated rings. The number of carbonyl (C=O) groups excluding carboxylic acids is 2. The molecule has 15 heavy (non-hydrogen) atoms. The molecule has 0 aromatic rings. The molecule has 0 saturated heterocycles. The van der Waals surface area contributed by atoms with Crippen LogP contribution in [-0.4, -0.2) is 36.5 Å². The van der Waals surface area contributed by atoms with Crippen molar-refractivity contribution in [3.05, 3.63) is 0 Å². The average Bonchev–Trinajstić information content (AvgIpc) is 2.22. The molecule has 0 rings (SSSR count). The molecule has 0 aromatic heterocycles. The van der Waals surface area contributed by atoms with Crippen molar-refractivity contribution < 1.29 is 14.3 Å². The Hall–Kier alpha value is -0.710. The van der Waals surface area contributed by atoms with Gasteiger partial charge in [0.25, 0.3) is 0 Å². The van der Waals surface area contributed by atoms with Gasteiger partial charge in [0.1, 0.15) is 6.54 Å². The first-order chi connectivity index (χ1) is 7.20. The third kappa shape index (κ3) is 9.59. The minimum atomic E-state index is -0.385. The molecule has 0 bridgehead atoms. The Labute approximate surface area is 95.1 Å². The molecule has 1 amide bonds. The van der Waals surface area contributed by atoms with Gasteiger partial charge in [-0.05, 0) is 19.1 Å². The minimum absolute atomic E-state index is 0.0268. The number of thioether (sulfide) groups is 1. The number of amides is 1. The van der Waals surface area contributed by atoms with Gasteiger partial charge < -0.3 is 10.1 Å². The summed E-state index contributed by atoms with van der Waals surface area (Å²) >= 11 is 1.59. The Morgan fingerprint density at radius 1 is 1.33 bits per heavy atom. The van der Waals surface area contributed by atoms with Crippen molar-refractivity contribution in [2.45, 2.75) is 26.7 Å². The maximum Gasteiger partial charge on any atom is 0.325 e. The smallest absolute Gasteiger partial charge is 0.325 e. The molecule has 0 aliphatic rings. The highest BCUT2D eigenvalue weighted by Crippen LogP contribution is 2.03. The fourth-order valence-electron chi connectivity index (χ4n) is 0.845. The number of unbranched alkanes of at least 4 members (excludes halogenated alkanes) is 1. The van der Waals surface area contributed by atoms with Gasteiger partial charge in [0.2, 0.25) is 5.91 Å². The maximum atomic E-state index is 11.2. The van der Waals surface area contributed by atoms with Crippen LogP contribution in [0.15, 0.2) is 0 Å². The van der Waals surface area contributed by atoms with E-state index in [2.05, 4.69) is 17.0 Å². The predicted molar refractivity (Wildman–Crippen MR) is 61.9 cm³/mol. The summed E-state index contributed by atoms with van der Waals surface area (Å²) in [5, 5.41) is 2.51. The molecule has 5 heteroatoms. The first-order valence-electron chi connectivity index (χ1n) is 5.20. The molecule has 0 heterocycles. The van der Waals surface area contributed by atoms with Crippen LogP contribution in [0, 0.1) is 0 Å². The average molecular weight is 233 g/mol. The Morgan fingerprint density at radius 3 is 2.67 bits per heavy atom. The summed E-state index contributed by atoms with van der Waals surface area (Å²) in [5.41, 5.74) is 0. The Bertz CT molecular complexity index is 197. The van der Waals surface area contributed by atoms with Crippen molar-refractivity contribution in [1.29, 1.82) is 0 Å². The van der Waals surface area contributed by atoms with E-state index in [1.54, 1.807) is 18.7 Å². The molecule has 88 valence electrons. The van der Waals surface area contributed by atoms with E-state index < -0.39 is 0 Å². The van der Waals surface area contributed by atoms with Gasteiger partial charge in [0, 0.05) is 0 Å². The molecule has 0 aliphatic carbocycles. The van der Waals surface area contributed by atoms with Gasteiger partial charge in [0.15, 0.2) is 0 Å². The highest BCUT2D eigenvalue weighted by Gasteiger charge is 2.05. The Kier molecular flexibility index (Phi) is 9.36. The summed E-state index contributed by atoms with van der Waals surface area (Å²) in [6, 6.07) is 0. The van der Waals surface area contributed by atoms with E-state index in [4.69, 9.17) is 0 Å². The van der Waals surface area contributed by atoms with Gasteiger partial charge in [-0.15, -0.1) is 0 Å². The first kappa shape index (κ1) is 14.3. The lowest BCUT2D eigenvalue weighted by molar-refractivity contribution is -0.143. The Morgan fingerprint density at radius 2 is 2.07 bits per heavy atom. The monoisotopic (exact) mass is 233 g/mol. The van der Waals surface area contributed by atoms with Crippen LogP contribution in [-0.2, 0) is 14.3 Å². The zero-order valence-corrected chi connectivity index (χ0v) is 10.2. The number of ether oxygens (including phenoxy) is 1. The maximum absolute atomic E-state index is 11.2. The molecule has 0 spiro atoms. The fourth-order valence-corrected chi connectivity index (χ4v) is 1.77. The molecule has 0 radical (unpaired) electrons. The van der Waals surface area contributed by atoms with Crippen LogP contribution in [0.1, 0.15) is 26.7 Å². The van der Waals surface area contributed by atoms with Crippen LogP contribution in [0.4, 0.5) is 0 Å². The van der Waals surface area contributed by atoms with Crippen molar-refractivity contribution in [2.75, 3.05) is 24.7 Å².